The molecular formula is C12H13N3O2S. The third kappa shape index (κ3) is 3.53. The van der Waals surface area contributed by atoms with Crippen molar-refractivity contribution in [2.45, 2.75) is 13.8 Å². The highest BCUT2D eigenvalue weighted by Gasteiger charge is 2.06. The normalized spacial score (nSPS) is 10.1. The van der Waals surface area contributed by atoms with Crippen LogP contribution < -0.4 is 10.1 Å². The molecule has 1 heterocycles. The summed E-state index contributed by atoms with van der Waals surface area (Å²) in [4.78, 5) is 15.6. The number of hydrogen-bond donors (Lipinski definition) is 1. The van der Waals surface area contributed by atoms with E-state index in [1.165, 1.54) is 0 Å². The molecule has 1 aromatic heterocycles. The van der Waals surface area contributed by atoms with Gasteiger partial charge < -0.3 is 4.74 Å². The van der Waals surface area contributed by atoms with Gasteiger partial charge in [0.1, 0.15) is 11.6 Å². The van der Waals surface area contributed by atoms with Gasteiger partial charge in [0.15, 0.2) is 6.61 Å². The Labute approximate surface area is 109 Å². The second-order valence-electron chi connectivity index (χ2n) is 3.80. The van der Waals surface area contributed by atoms with Crippen molar-refractivity contribution in [3.63, 3.8) is 0 Å². The zero-order chi connectivity index (χ0) is 13.0. The third-order valence-corrected chi connectivity index (χ3v) is 2.89. The molecule has 0 saturated heterocycles. The van der Waals surface area contributed by atoms with Crippen LogP contribution in [-0.4, -0.2) is 21.9 Å². The van der Waals surface area contributed by atoms with E-state index in [0.717, 1.165) is 17.1 Å². The molecule has 0 aliphatic heterocycles. The van der Waals surface area contributed by atoms with E-state index >= 15 is 0 Å². The van der Waals surface area contributed by atoms with E-state index in [4.69, 9.17) is 4.74 Å². The van der Waals surface area contributed by atoms with Gasteiger partial charge in [-0.1, -0.05) is 17.7 Å². The second-order valence-corrected chi connectivity index (χ2v) is 4.55. The van der Waals surface area contributed by atoms with Crippen LogP contribution in [0.1, 0.15) is 11.4 Å². The average molecular weight is 263 g/mol. The maximum atomic E-state index is 11.6. The topological polar surface area (TPSA) is 64.1 Å². The molecule has 0 unspecified atom stereocenters. The lowest BCUT2D eigenvalue weighted by molar-refractivity contribution is -0.118. The second kappa shape index (κ2) is 5.59. The van der Waals surface area contributed by atoms with Crippen molar-refractivity contribution in [2.24, 2.45) is 0 Å². The monoisotopic (exact) mass is 263 g/mol. The molecule has 0 radical (unpaired) electrons. The number of carbonyl (C=O) groups excluding carboxylic acids is 1. The number of aryl methyl sites for hydroxylation is 2. The first-order chi connectivity index (χ1) is 8.63. The molecule has 0 fully saturated rings. The number of aromatic nitrogens is 2. The summed E-state index contributed by atoms with van der Waals surface area (Å²) >= 11 is 1.15. The standard InChI is InChI=1S/C12H13N3O2S/c1-8-3-5-10(6-4-8)17-7-11(16)14-12-13-9(2)15-18-12/h3-6H,7H2,1-2H3,(H,13,14,15,16). The summed E-state index contributed by atoms with van der Waals surface area (Å²) in [6.07, 6.45) is 0. The van der Waals surface area contributed by atoms with Crippen molar-refractivity contribution >= 4 is 22.6 Å². The SMILES string of the molecule is Cc1ccc(OCC(=O)Nc2nc(C)ns2)cc1. The van der Waals surface area contributed by atoms with Crippen molar-refractivity contribution < 1.29 is 9.53 Å². The van der Waals surface area contributed by atoms with Gasteiger partial charge in [-0.3, -0.25) is 10.1 Å². The Bertz CT molecular complexity index is 537. The molecule has 18 heavy (non-hydrogen) atoms. The molecular weight excluding hydrogens is 250 g/mol. The van der Waals surface area contributed by atoms with Crippen LogP contribution in [0.25, 0.3) is 0 Å². The van der Waals surface area contributed by atoms with Gasteiger partial charge in [-0.25, -0.2) is 4.98 Å². The minimum Gasteiger partial charge on any atom is -0.484 e. The summed E-state index contributed by atoms with van der Waals surface area (Å²) in [6.45, 7) is 3.73. The smallest absolute Gasteiger partial charge is 0.264 e. The molecule has 0 aliphatic carbocycles. The van der Waals surface area contributed by atoms with E-state index < -0.39 is 0 Å². The molecule has 0 saturated carbocycles. The summed E-state index contributed by atoms with van der Waals surface area (Å²) in [5.74, 6) is 1.07. The van der Waals surface area contributed by atoms with Crippen molar-refractivity contribution in [3.8, 4) is 5.75 Å². The van der Waals surface area contributed by atoms with Crippen LogP contribution in [0.4, 0.5) is 5.13 Å². The summed E-state index contributed by atoms with van der Waals surface area (Å²) in [5.41, 5.74) is 1.15. The number of carbonyl (C=O) groups is 1. The lowest BCUT2D eigenvalue weighted by atomic mass is 10.2. The predicted molar refractivity (Wildman–Crippen MR) is 69.9 cm³/mol. The highest BCUT2D eigenvalue weighted by molar-refractivity contribution is 7.09. The molecule has 0 spiro atoms. The summed E-state index contributed by atoms with van der Waals surface area (Å²) in [7, 11) is 0. The zero-order valence-electron chi connectivity index (χ0n) is 10.1. The lowest BCUT2D eigenvalue weighted by Crippen LogP contribution is -2.20. The highest BCUT2D eigenvalue weighted by atomic mass is 32.1. The first-order valence-corrected chi connectivity index (χ1v) is 6.20. The molecule has 1 aromatic carbocycles. The van der Waals surface area contributed by atoms with Gasteiger partial charge in [0, 0.05) is 11.5 Å². The van der Waals surface area contributed by atoms with Crippen LogP contribution in [0.5, 0.6) is 5.75 Å². The minimum atomic E-state index is -0.244. The van der Waals surface area contributed by atoms with Crippen molar-refractivity contribution in [1.82, 2.24) is 9.36 Å². The number of nitrogens with zero attached hydrogens (tertiary/aromatic N) is 2. The van der Waals surface area contributed by atoms with Gasteiger partial charge in [-0.05, 0) is 26.0 Å². The molecule has 1 amide bonds. The number of nitrogens with one attached hydrogen (secondary N) is 1. The van der Waals surface area contributed by atoms with Gasteiger partial charge in [0.25, 0.3) is 5.91 Å². The third-order valence-electron chi connectivity index (χ3n) is 2.16. The lowest BCUT2D eigenvalue weighted by Gasteiger charge is -2.05. The Morgan fingerprint density at radius 2 is 2.06 bits per heavy atom. The summed E-state index contributed by atoms with van der Waals surface area (Å²) in [5, 5.41) is 3.12. The molecule has 94 valence electrons. The Kier molecular flexibility index (Phi) is 3.88. The fourth-order valence-corrected chi connectivity index (χ4v) is 1.88. The van der Waals surface area contributed by atoms with Crippen molar-refractivity contribution in [1.29, 1.82) is 0 Å². The number of benzene rings is 1. The Morgan fingerprint density at radius 3 is 2.67 bits per heavy atom. The molecule has 0 bridgehead atoms. The van der Waals surface area contributed by atoms with Crippen LogP contribution in [0.3, 0.4) is 0 Å². The Hall–Kier alpha value is -1.95. The van der Waals surface area contributed by atoms with Crippen LogP contribution in [0.2, 0.25) is 0 Å². The van der Waals surface area contributed by atoms with Crippen LogP contribution in [0.15, 0.2) is 24.3 Å². The fourth-order valence-electron chi connectivity index (χ4n) is 1.29. The number of amides is 1. The molecule has 2 aromatic rings. The predicted octanol–water partition coefficient (Wildman–Crippen LogP) is 2.17. The first-order valence-electron chi connectivity index (χ1n) is 5.43. The number of ether oxygens (including phenoxy) is 1. The Morgan fingerprint density at radius 1 is 1.33 bits per heavy atom. The number of anilines is 1. The van der Waals surface area contributed by atoms with Crippen molar-refractivity contribution in [3.05, 3.63) is 35.7 Å². The molecule has 0 atom stereocenters. The van der Waals surface area contributed by atoms with Gasteiger partial charge >= 0.3 is 0 Å². The largest absolute Gasteiger partial charge is 0.484 e. The molecule has 5 nitrogen and oxygen atoms in total. The quantitative estimate of drug-likeness (QED) is 0.918. The van der Waals surface area contributed by atoms with E-state index in [1.54, 1.807) is 6.92 Å². The van der Waals surface area contributed by atoms with Crippen LogP contribution >= 0.6 is 11.5 Å². The van der Waals surface area contributed by atoms with Gasteiger partial charge in [0.2, 0.25) is 5.13 Å². The van der Waals surface area contributed by atoms with E-state index in [1.807, 2.05) is 31.2 Å². The van der Waals surface area contributed by atoms with E-state index in [2.05, 4.69) is 14.7 Å². The molecule has 0 aliphatic rings. The summed E-state index contributed by atoms with van der Waals surface area (Å²) < 4.78 is 9.32. The minimum absolute atomic E-state index is 0.0400. The van der Waals surface area contributed by atoms with E-state index in [9.17, 15) is 4.79 Å². The van der Waals surface area contributed by atoms with E-state index in [0.29, 0.717) is 16.7 Å². The number of hydrogen-bond acceptors (Lipinski definition) is 5. The fraction of sp³-hybridized carbons (Fsp3) is 0.250. The van der Waals surface area contributed by atoms with Gasteiger partial charge in [-0.2, -0.15) is 4.37 Å². The van der Waals surface area contributed by atoms with Gasteiger partial charge in [-0.15, -0.1) is 0 Å². The average Bonchev–Trinajstić information content (AvgIpc) is 2.74. The van der Waals surface area contributed by atoms with Crippen molar-refractivity contribution in [2.75, 3.05) is 11.9 Å². The van der Waals surface area contributed by atoms with Crippen LogP contribution in [-0.2, 0) is 4.79 Å². The highest BCUT2D eigenvalue weighted by Crippen LogP contribution is 2.12. The zero-order valence-corrected chi connectivity index (χ0v) is 11.0. The molecule has 1 N–H and O–H groups in total. The Balaban J connectivity index is 1.83. The maximum absolute atomic E-state index is 11.6. The maximum Gasteiger partial charge on any atom is 0.264 e. The first kappa shape index (κ1) is 12.5. The van der Waals surface area contributed by atoms with Gasteiger partial charge in [0.05, 0.1) is 0 Å². The summed E-state index contributed by atoms with van der Waals surface area (Å²) in [6, 6.07) is 7.53. The van der Waals surface area contributed by atoms with E-state index in [-0.39, 0.29) is 12.5 Å². The molecule has 2 rings (SSSR count). The molecule has 6 heteroatoms. The number of rotatable bonds is 4. The van der Waals surface area contributed by atoms with Crippen LogP contribution in [0, 0.1) is 13.8 Å².